The summed E-state index contributed by atoms with van der Waals surface area (Å²) in [6.07, 6.45) is 0. The molecule has 5 heavy (non-hydrogen) atoms. The molecule has 0 heterocycles. The Balaban J connectivity index is 3.02. The summed E-state index contributed by atoms with van der Waals surface area (Å²) in [6, 6.07) is 0. The van der Waals surface area contributed by atoms with Crippen LogP contribution in [0.2, 0.25) is 0.863 Å². The second-order valence-electron chi connectivity index (χ2n) is 1.00. The van der Waals surface area contributed by atoms with Gasteiger partial charge in [-0.2, -0.15) is 0 Å². The highest BCUT2D eigenvalue weighted by Gasteiger charge is 1.91. The smallest absolute Gasteiger partial charge is 0.0664 e. The van der Waals surface area contributed by atoms with Crippen molar-refractivity contribution in [3.05, 3.63) is 0 Å². The van der Waals surface area contributed by atoms with Gasteiger partial charge in [0.15, 0.2) is 0 Å². The van der Waals surface area contributed by atoms with Crippen LogP contribution in [-0.4, -0.2) is 65.2 Å². The molecule has 0 bridgehead atoms. The van der Waals surface area contributed by atoms with E-state index in [0.717, 1.165) is 0 Å². The Morgan fingerprint density at radius 2 is 0.800 bits per heavy atom. The first kappa shape index (κ1) is 7.13. The van der Waals surface area contributed by atoms with Crippen LogP contribution in [0.25, 0.3) is 0 Å². The first-order valence-corrected chi connectivity index (χ1v) is 3.46. The SMILES string of the molecule is [Al][C]([Al])([Al])[Al]. The van der Waals surface area contributed by atoms with E-state index in [1.54, 1.807) is 0 Å². The van der Waals surface area contributed by atoms with E-state index < -0.39 is 0 Å². The van der Waals surface area contributed by atoms with Gasteiger partial charge in [0.25, 0.3) is 0 Å². The van der Waals surface area contributed by atoms with Crippen molar-refractivity contribution in [3.63, 3.8) is 0 Å². The summed E-state index contributed by atoms with van der Waals surface area (Å²) in [4.78, 5) is 0. The van der Waals surface area contributed by atoms with E-state index in [1.165, 1.54) is 0 Å². The van der Waals surface area contributed by atoms with Gasteiger partial charge in [0, 0.05) is 0 Å². The van der Waals surface area contributed by atoms with Gasteiger partial charge in [-0.05, 0) is 0 Å². The van der Waals surface area contributed by atoms with Crippen LogP contribution in [0.3, 0.4) is 0 Å². The second kappa shape index (κ2) is 2.44. The summed E-state index contributed by atoms with van der Waals surface area (Å²) in [5.74, 6) is 0. The third-order valence-electron chi connectivity index (χ3n) is 0. The molecule has 0 amide bonds. The molecule has 0 atom stereocenters. The van der Waals surface area contributed by atoms with Gasteiger partial charge >= 0.3 is 0 Å². The average molecular weight is 120 g/mol. The summed E-state index contributed by atoms with van der Waals surface area (Å²) >= 11 is 10.4. The molecule has 0 unspecified atom stereocenters. The van der Waals surface area contributed by atoms with Crippen molar-refractivity contribution in [2.45, 2.75) is 0.863 Å². The molecule has 0 nitrogen and oxygen atoms in total. The fourth-order valence-corrected chi connectivity index (χ4v) is 0. The van der Waals surface area contributed by atoms with Crippen LogP contribution in [0.15, 0.2) is 0 Å². The summed E-state index contributed by atoms with van der Waals surface area (Å²) in [6.45, 7) is 0. The minimum Gasteiger partial charge on any atom is -0.265 e. The van der Waals surface area contributed by atoms with Crippen molar-refractivity contribution in [1.29, 1.82) is 0 Å². The van der Waals surface area contributed by atoms with Crippen molar-refractivity contribution in [1.82, 2.24) is 0 Å². The fraction of sp³-hybridized carbons (Fsp3) is 1.00. The highest BCUT2D eigenvalue weighted by molar-refractivity contribution is 6.74. The maximum Gasteiger partial charge on any atom is 0.0664 e. The van der Waals surface area contributed by atoms with Gasteiger partial charge in [0.05, 0.1) is 65.2 Å². The molecular weight excluding hydrogens is 120 g/mol. The normalized spacial score (nSPS) is 11.2. The van der Waals surface area contributed by atoms with Crippen molar-refractivity contribution in [3.8, 4) is 0 Å². The molecule has 4 heteroatoms. The Morgan fingerprint density at radius 3 is 0.800 bits per heavy atom. The lowest BCUT2D eigenvalue weighted by Crippen LogP contribution is -2.10. The van der Waals surface area contributed by atoms with Crippen LogP contribution in [-0.2, 0) is 0 Å². The van der Waals surface area contributed by atoms with Gasteiger partial charge < -0.3 is 0 Å². The molecule has 0 aromatic carbocycles. The molecule has 0 spiro atoms. The molecule has 16 valence electrons. The monoisotopic (exact) mass is 120 g/mol. The van der Waals surface area contributed by atoms with Crippen LogP contribution < -0.4 is 0 Å². The van der Waals surface area contributed by atoms with Crippen molar-refractivity contribution in [2.24, 2.45) is 0 Å². The van der Waals surface area contributed by atoms with Gasteiger partial charge in [-0.1, -0.05) is 0 Å². The first-order valence-electron chi connectivity index (χ1n) is 1.15. The highest BCUT2D eigenvalue weighted by Crippen LogP contribution is 1.94. The van der Waals surface area contributed by atoms with Gasteiger partial charge in [-0.25, -0.2) is 0 Å². The van der Waals surface area contributed by atoms with Crippen molar-refractivity contribution < 1.29 is 0 Å². The van der Waals surface area contributed by atoms with Crippen LogP contribution in [0.1, 0.15) is 0 Å². The van der Waals surface area contributed by atoms with E-state index in [2.05, 4.69) is 65.2 Å². The summed E-state index contributed by atoms with van der Waals surface area (Å²) in [5.41, 5.74) is 0. The highest BCUT2D eigenvalue weighted by atomic mass is 27.2. The number of hydrogen-bond acceptors (Lipinski definition) is 0. The zero-order valence-electron chi connectivity index (χ0n) is 2.81. The lowest BCUT2D eigenvalue weighted by molar-refractivity contribution is 1.71. The zero-order valence-corrected chi connectivity index (χ0v) is 7.43. The van der Waals surface area contributed by atoms with E-state index in [1.807, 2.05) is 0 Å². The lowest BCUT2D eigenvalue weighted by atomic mass is 11.7. The van der Waals surface area contributed by atoms with Crippen LogP contribution in [0, 0.1) is 0 Å². The van der Waals surface area contributed by atoms with E-state index in [9.17, 15) is 0 Å². The molecule has 0 aromatic heterocycles. The number of hydrogen-bond donors (Lipinski definition) is 0. The lowest BCUT2D eigenvalue weighted by Gasteiger charge is -2.11. The Labute approximate surface area is 65.4 Å². The molecule has 0 aromatic rings. The predicted molar refractivity (Wildman–Crippen MR) is 25.7 cm³/mol. The molecule has 0 saturated carbocycles. The second-order valence-corrected chi connectivity index (χ2v) is 9.00. The van der Waals surface area contributed by atoms with Crippen LogP contribution in [0.4, 0.5) is 0 Å². The molecule has 0 N–H and O–H groups in total. The standard InChI is InChI=1S/C.4Al. The molecule has 0 rings (SSSR count). The first-order chi connectivity index (χ1) is 2.00. The predicted octanol–water partition coefficient (Wildman–Crippen LogP) is -1.31. The maximum atomic E-state index is 2.60. The summed E-state index contributed by atoms with van der Waals surface area (Å²) < 4.78 is 0.167. The van der Waals surface area contributed by atoms with Crippen LogP contribution >= 0.6 is 0 Å². The molecule has 0 aliphatic rings. The maximum absolute atomic E-state index is 2.60. The van der Waals surface area contributed by atoms with Gasteiger partial charge in [-0.3, -0.25) is 0.863 Å². The van der Waals surface area contributed by atoms with Gasteiger partial charge in [0.2, 0.25) is 0 Å². The molecular formula is CAl4. The van der Waals surface area contributed by atoms with E-state index in [-0.39, 0.29) is 0.863 Å². The quantitative estimate of drug-likeness (QED) is 0.348. The molecule has 0 aliphatic carbocycles. The molecule has 0 aliphatic heterocycles. The largest absolute Gasteiger partial charge is 0.265 e. The molecule has 0 saturated heterocycles. The Morgan fingerprint density at radius 1 is 0.800 bits per heavy atom. The third-order valence-corrected chi connectivity index (χ3v) is 0. The van der Waals surface area contributed by atoms with Gasteiger partial charge in [-0.15, -0.1) is 0 Å². The average Bonchev–Trinajstić information content (AvgIpc) is 0.722. The van der Waals surface area contributed by atoms with E-state index in [4.69, 9.17) is 0 Å². The Bertz CT molecular complexity index is 19.1. The Kier molecular flexibility index (Phi) is 3.48. The minimum absolute atomic E-state index is 0.167. The Hall–Kier alpha value is 2.13. The zero-order chi connectivity index (χ0) is 4.50. The van der Waals surface area contributed by atoms with E-state index >= 15 is 0 Å². The van der Waals surface area contributed by atoms with E-state index in [0.29, 0.717) is 0 Å². The van der Waals surface area contributed by atoms with Crippen molar-refractivity contribution in [2.75, 3.05) is 0 Å². The minimum atomic E-state index is 0.167. The summed E-state index contributed by atoms with van der Waals surface area (Å²) in [7, 11) is 0. The molecule has 0 fully saturated rings. The van der Waals surface area contributed by atoms with Gasteiger partial charge in [0.1, 0.15) is 0 Å². The number of rotatable bonds is 0. The fourth-order valence-electron chi connectivity index (χ4n) is 0. The van der Waals surface area contributed by atoms with Crippen LogP contribution in [0.5, 0.6) is 0 Å². The summed E-state index contributed by atoms with van der Waals surface area (Å²) in [5, 5.41) is 0. The molecule has 8 radical (unpaired) electrons. The topological polar surface area (TPSA) is 0 Å². The third kappa shape index (κ3) is 23.0. The van der Waals surface area contributed by atoms with Crippen molar-refractivity contribution >= 4 is 65.2 Å².